The van der Waals surface area contributed by atoms with Gasteiger partial charge >= 0.3 is 0 Å². The summed E-state index contributed by atoms with van der Waals surface area (Å²) in [5.41, 5.74) is 4.58. The molecular weight excluding hydrogens is 370 g/mol. The molecule has 0 atom stereocenters. The van der Waals surface area contributed by atoms with Gasteiger partial charge < -0.3 is 25.0 Å². The monoisotopic (exact) mass is 393 g/mol. The molecule has 2 aromatic rings. The van der Waals surface area contributed by atoms with Crippen LogP contribution in [0, 0.1) is 0 Å². The zero-order valence-electron chi connectivity index (χ0n) is 16.5. The zero-order chi connectivity index (χ0) is 20.4. The van der Waals surface area contributed by atoms with E-state index in [9.17, 15) is 9.59 Å². The first-order chi connectivity index (χ1) is 14.0. The zero-order valence-corrected chi connectivity index (χ0v) is 16.5. The maximum atomic E-state index is 12.7. The minimum Gasteiger partial charge on any atom is -0.497 e. The van der Waals surface area contributed by atoms with E-state index in [4.69, 9.17) is 9.47 Å². The lowest BCUT2D eigenvalue weighted by Gasteiger charge is -2.31. The normalized spacial score (nSPS) is 17.1. The topological polar surface area (TPSA) is 79.9 Å². The van der Waals surface area contributed by atoms with Gasteiger partial charge in [-0.1, -0.05) is 12.1 Å². The lowest BCUT2D eigenvalue weighted by Crippen LogP contribution is -2.36. The average Bonchev–Trinajstić information content (AvgIpc) is 3.02. The van der Waals surface area contributed by atoms with Crippen molar-refractivity contribution in [1.82, 2.24) is 0 Å². The van der Waals surface area contributed by atoms with Crippen molar-refractivity contribution in [2.75, 3.05) is 48.9 Å². The molecule has 2 aromatic carbocycles. The molecule has 7 heteroatoms. The number of carbonyl (C=O) groups excluding carboxylic acids is 2. The summed E-state index contributed by atoms with van der Waals surface area (Å²) in [6.07, 6.45) is 1.86. The molecule has 7 nitrogen and oxygen atoms in total. The van der Waals surface area contributed by atoms with Crippen molar-refractivity contribution in [2.45, 2.75) is 6.92 Å². The number of morpholine rings is 1. The molecule has 2 aliphatic heterocycles. The fourth-order valence-electron chi connectivity index (χ4n) is 3.59. The number of hydrogen-bond acceptors (Lipinski definition) is 5. The number of ether oxygens (including phenoxy) is 2. The molecule has 0 aromatic heterocycles. The number of nitrogens with zero attached hydrogens (tertiary/aromatic N) is 1. The second-order valence-electron chi connectivity index (χ2n) is 6.98. The lowest BCUT2D eigenvalue weighted by molar-refractivity contribution is -0.114. The van der Waals surface area contributed by atoms with Crippen LogP contribution in [0.3, 0.4) is 0 Å². The van der Waals surface area contributed by atoms with E-state index in [0.29, 0.717) is 30.2 Å². The molecule has 0 bridgehead atoms. The Morgan fingerprint density at radius 3 is 2.59 bits per heavy atom. The summed E-state index contributed by atoms with van der Waals surface area (Å²) in [7, 11) is 1.62. The predicted molar refractivity (Wildman–Crippen MR) is 113 cm³/mol. The van der Waals surface area contributed by atoms with Crippen molar-refractivity contribution >= 4 is 40.5 Å². The molecule has 2 amide bonds. The Balaban J connectivity index is 1.76. The van der Waals surface area contributed by atoms with Gasteiger partial charge in [0.15, 0.2) is 0 Å². The Labute approximate surface area is 169 Å². The number of benzene rings is 2. The third kappa shape index (κ3) is 3.95. The van der Waals surface area contributed by atoms with Gasteiger partial charge in [0.2, 0.25) is 5.91 Å². The maximum Gasteiger partial charge on any atom is 0.256 e. The summed E-state index contributed by atoms with van der Waals surface area (Å²) in [6.45, 7) is 4.18. The minimum atomic E-state index is -0.163. The van der Waals surface area contributed by atoms with Gasteiger partial charge in [0.1, 0.15) is 5.75 Å². The van der Waals surface area contributed by atoms with Gasteiger partial charge in [-0.05, 0) is 35.9 Å². The van der Waals surface area contributed by atoms with Gasteiger partial charge in [0, 0.05) is 31.1 Å². The highest BCUT2D eigenvalue weighted by Crippen LogP contribution is 2.41. The Kier molecular flexibility index (Phi) is 5.22. The molecule has 150 valence electrons. The summed E-state index contributed by atoms with van der Waals surface area (Å²) in [4.78, 5) is 26.5. The molecule has 2 heterocycles. The van der Waals surface area contributed by atoms with Crippen molar-refractivity contribution in [1.29, 1.82) is 0 Å². The summed E-state index contributed by atoms with van der Waals surface area (Å²) in [5, 5.41) is 5.79. The highest BCUT2D eigenvalue weighted by molar-refractivity contribution is 6.35. The minimum absolute atomic E-state index is 0.155. The van der Waals surface area contributed by atoms with Crippen LogP contribution in [0.1, 0.15) is 18.1 Å². The van der Waals surface area contributed by atoms with E-state index in [-0.39, 0.29) is 11.8 Å². The third-order valence-corrected chi connectivity index (χ3v) is 5.01. The van der Waals surface area contributed by atoms with E-state index in [1.54, 1.807) is 7.11 Å². The van der Waals surface area contributed by atoms with Gasteiger partial charge in [-0.3, -0.25) is 9.59 Å². The predicted octanol–water partition coefficient (Wildman–Crippen LogP) is 2.98. The van der Waals surface area contributed by atoms with E-state index in [1.165, 1.54) is 6.92 Å². The fourth-order valence-corrected chi connectivity index (χ4v) is 3.59. The van der Waals surface area contributed by atoms with Crippen LogP contribution in [-0.4, -0.2) is 45.2 Å². The van der Waals surface area contributed by atoms with E-state index >= 15 is 0 Å². The number of amides is 2. The molecule has 29 heavy (non-hydrogen) atoms. The van der Waals surface area contributed by atoms with E-state index in [0.717, 1.165) is 35.7 Å². The lowest BCUT2D eigenvalue weighted by atomic mass is 10.0. The quantitative estimate of drug-likeness (QED) is 0.781. The Bertz CT molecular complexity index is 976. The van der Waals surface area contributed by atoms with Gasteiger partial charge in [-0.15, -0.1) is 0 Å². The average molecular weight is 393 g/mol. The molecule has 2 N–H and O–H groups in total. The summed E-state index contributed by atoms with van der Waals surface area (Å²) < 4.78 is 10.6. The van der Waals surface area contributed by atoms with Crippen molar-refractivity contribution in [3.8, 4) is 5.75 Å². The largest absolute Gasteiger partial charge is 0.497 e. The molecule has 0 unspecified atom stereocenters. The van der Waals surface area contributed by atoms with Gasteiger partial charge in [0.05, 0.1) is 37.4 Å². The Morgan fingerprint density at radius 1 is 1.21 bits per heavy atom. The first kappa shape index (κ1) is 19.0. The number of methoxy groups -OCH3 is 1. The van der Waals surface area contributed by atoms with E-state index in [2.05, 4.69) is 15.5 Å². The summed E-state index contributed by atoms with van der Waals surface area (Å²) in [5.74, 6) is 0.444. The van der Waals surface area contributed by atoms with E-state index < -0.39 is 0 Å². The highest BCUT2D eigenvalue weighted by Gasteiger charge is 2.28. The third-order valence-electron chi connectivity index (χ3n) is 5.01. The van der Waals surface area contributed by atoms with Crippen LogP contribution in [-0.2, 0) is 14.3 Å². The molecule has 1 saturated heterocycles. The molecule has 0 radical (unpaired) electrons. The first-order valence-corrected chi connectivity index (χ1v) is 9.51. The Hall–Kier alpha value is -3.32. The second-order valence-corrected chi connectivity index (χ2v) is 6.98. The molecule has 0 aliphatic carbocycles. The summed E-state index contributed by atoms with van der Waals surface area (Å²) in [6, 6.07) is 11.3. The number of hydrogen-bond donors (Lipinski definition) is 2. The number of rotatable bonds is 4. The Morgan fingerprint density at radius 2 is 1.93 bits per heavy atom. The summed E-state index contributed by atoms with van der Waals surface area (Å²) >= 11 is 0. The molecular formula is C22H23N3O4. The van der Waals surface area contributed by atoms with Crippen LogP contribution < -0.4 is 20.3 Å². The molecule has 1 fully saturated rings. The smallest absolute Gasteiger partial charge is 0.256 e. The standard InChI is InChI=1S/C22H23N3O4/c1-14(26)23-20-13-19-17(12-21(20)25-7-9-29-10-8-25)18(22(27)24-19)11-15-3-5-16(28-2)6-4-15/h3-6,11-13H,7-10H2,1-2H3,(H,23,26)(H,24,27)/b18-11-. The van der Waals surface area contributed by atoms with Crippen LogP contribution in [0.5, 0.6) is 5.75 Å². The van der Waals surface area contributed by atoms with Gasteiger partial charge in [-0.25, -0.2) is 0 Å². The first-order valence-electron chi connectivity index (χ1n) is 9.51. The molecule has 4 rings (SSSR count). The van der Waals surface area contributed by atoms with Crippen LogP contribution in [0.25, 0.3) is 11.6 Å². The molecule has 0 saturated carbocycles. The van der Waals surface area contributed by atoms with Crippen LogP contribution in [0.2, 0.25) is 0 Å². The number of anilines is 3. The van der Waals surface area contributed by atoms with Crippen molar-refractivity contribution in [2.24, 2.45) is 0 Å². The number of nitrogens with one attached hydrogen (secondary N) is 2. The van der Waals surface area contributed by atoms with Crippen LogP contribution in [0.15, 0.2) is 36.4 Å². The highest BCUT2D eigenvalue weighted by atomic mass is 16.5. The SMILES string of the molecule is COc1ccc(/C=C2\C(=O)Nc3cc(NC(C)=O)c(N4CCOCC4)cc32)cc1. The molecule has 2 aliphatic rings. The maximum absolute atomic E-state index is 12.7. The fraction of sp³-hybridized carbons (Fsp3) is 0.273. The van der Waals surface area contributed by atoms with Crippen LogP contribution >= 0.6 is 0 Å². The number of fused-ring (bicyclic) bond motifs is 1. The second kappa shape index (κ2) is 7.97. The van der Waals surface area contributed by atoms with Crippen LogP contribution in [0.4, 0.5) is 17.1 Å². The van der Waals surface area contributed by atoms with Gasteiger partial charge in [0.25, 0.3) is 5.91 Å². The van der Waals surface area contributed by atoms with Crippen molar-refractivity contribution in [3.63, 3.8) is 0 Å². The molecule has 0 spiro atoms. The van der Waals surface area contributed by atoms with E-state index in [1.807, 2.05) is 42.5 Å². The number of carbonyl (C=O) groups is 2. The van der Waals surface area contributed by atoms with Crippen molar-refractivity contribution < 1.29 is 19.1 Å². The van der Waals surface area contributed by atoms with Crippen molar-refractivity contribution in [3.05, 3.63) is 47.5 Å². The van der Waals surface area contributed by atoms with Gasteiger partial charge in [-0.2, -0.15) is 0 Å².